The van der Waals surface area contributed by atoms with Crippen LogP contribution in [-0.2, 0) is 22.8 Å². The van der Waals surface area contributed by atoms with E-state index in [0.717, 1.165) is 12.0 Å². The number of nitrogens with zero attached hydrogens (tertiary/aromatic N) is 1. The fraction of sp³-hybridized carbons (Fsp3) is 0.409. The number of guanidine groups is 1. The molecular weight excluding hydrogens is 370 g/mol. The number of sulfone groups is 1. The molecule has 0 aliphatic carbocycles. The molecule has 1 unspecified atom stereocenters. The third-order valence-corrected chi connectivity index (χ3v) is 5.64. The highest BCUT2D eigenvalue weighted by Crippen LogP contribution is 2.15. The molecule has 0 aliphatic heterocycles. The second kappa shape index (κ2) is 9.73. The van der Waals surface area contributed by atoms with E-state index in [-0.39, 0.29) is 6.04 Å². The molecule has 2 N–H and O–H groups in total. The Morgan fingerprint density at radius 3 is 2.04 bits per heavy atom. The van der Waals surface area contributed by atoms with E-state index in [1.54, 1.807) is 19.2 Å². The van der Waals surface area contributed by atoms with Crippen LogP contribution in [0, 0.1) is 5.92 Å². The topological polar surface area (TPSA) is 70.6 Å². The minimum atomic E-state index is -3.17. The second-order valence-corrected chi connectivity index (χ2v) is 9.56. The van der Waals surface area contributed by atoms with Crippen LogP contribution < -0.4 is 10.6 Å². The number of nitrogens with one attached hydrogen (secondary N) is 2. The molecule has 2 aromatic rings. The Morgan fingerprint density at radius 2 is 1.54 bits per heavy atom. The van der Waals surface area contributed by atoms with Gasteiger partial charge in [-0.3, -0.25) is 4.99 Å². The average molecular weight is 402 g/mol. The summed E-state index contributed by atoms with van der Waals surface area (Å²) in [6.45, 7) is 7.11. The summed E-state index contributed by atoms with van der Waals surface area (Å²) >= 11 is 0. The fourth-order valence-corrected chi connectivity index (χ4v) is 3.57. The van der Waals surface area contributed by atoms with Crippen LogP contribution in [0.25, 0.3) is 0 Å². The molecule has 0 fully saturated rings. The Kier molecular flexibility index (Phi) is 7.63. The van der Waals surface area contributed by atoms with Crippen molar-refractivity contribution in [2.45, 2.75) is 44.7 Å². The molecule has 6 heteroatoms. The summed E-state index contributed by atoms with van der Waals surface area (Å²) in [7, 11) is -1.43. The molecule has 0 amide bonds. The van der Waals surface area contributed by atoms with Crippen molar-refractivity contribution in [2.24, 2.45) is 10.9 Å². The monoisotopic (exact) mass is 401 g/mol. The third kappa shape index (κ3) is 6.68. The first-order chi connectivity index (χ1) is 13.2. The zero-order valence-electron chi connectivity index (χ0n) is 17.4. The lowest BCUT2D eigenvalue weighted by atomic mass is 10.00. The summed E-state index contributed by atoms with van der Waals surface area (Å²) < 4.78 is 23.1. The van der Waals surface area contributed by atoms with Crippen LogP contribution in [0.4, 0.5) is 0 Å². The maximum atomic E-state index is 11.5. The Bertz CT molecular complexity index is 886. The molecule has 5 nitrogen and oxygen atoms in total. The SMILES string of the molecule is CN=C(NCc1ccc(S(C)(=O)=O)cc1)NC(C)c1ccc(CC(C)C)cc1. The molecule has 2 rings (SSSR count). The van der Waals surface area contributed by atoms with Gasteiger partial charge in [-0.1, -0.05) is 50.2 Å². The van der Waals surface area contributed by atoms with Crippen LogP contribution in [0.15, 0.2) is 58.4 Å². The van der Waals surface area contributed by atoms with Gasteiger partial charge in [-0.25, -0.2) is 8.42 Å². The van der Waals surface area contributed by atoms with Crippen LogP contribution in [0.5, 0.6) is 0 Å². The molecule has 0 radical (unpaired) electrons. The molecule has 0 spiro atoms. The van der Waals surface area contributed by atoms with Gasteiger partial charge in [0.1, 0.15) is 0 Å². The Labute approximate surface area is 169 Å². The standard InChI is InChI=1S/C22H31N3O2S/c1-16(2)14-18-6-10-20(11-7-18)17(3)25-22(23-4)24-15-19-8-12-21(13-9-19)28(5,26)27/h6-13,16-17H,14-15H2,1-5H3,(H2,23,24,25). The fourth-order valence-electron chi connectivity index (χ4n) is 2.94. The number of aliphatic imine (C=N–C) groups is 1. The largest absolute Gasteiger partial charge is 0.352 e. The normalized spacial score (nSPS) is 13.4. The summed E-state index contributed by atoms with van der Waals surface area (Å²) in [5.41, 5.74) is 3.54. The summed E-state index contributed by atoms with van der Waals surface area (Å²) in [4.78, 5) is 4.61. The quantitative estimate of drug-likeness (QED) is 0.548. The smallest absolute Gasteiger partial charge is 0.191 e. The first-order valence-corrected chi connectivity index (χ1v) is 11.4. The van der Waals surface area contributed by atoms with Crippen molar-refractivity contribution < 1.29 is 8.42 Å². The van der Waals surface area contributed by atoms with Crippen molar-refractivity contribution in [1.29, 1.82) is 0 Å². The van der Waals surface area contributed by atoms with Gasteiger partial charge < -0.3 is 10.6 Å². The van der Waals surface area contributed by atoms with Gasteiger partial charge in [0.05, 0.1) is 10.9 Å². The van der Waals surface area contributed by atoms with Crippen molar-refractivity contribution in [3.63, 3.8) is 0 Å². The number of hydrogen-bond donors (Lipinski definition) is 2. The van der Waals surface area contributed by atoms with Crippen LogP contribution in [0.3, 0.4) is 0 Å². The van der Waals surface area contributed by atoms with E-state index >= 15 is 0 Å². The summed E-state index contributed by atoms with van der Waals surface area (Å²) in [6, 6.07) is 15.7. The molecule has 0 aromatic heterocycles. The van der Waals surface area contributed by atoms with Gasteiger partial charge in [-0.2, -0.15) is 0 Å². The minimum absolute atomic E-state index is 0.118. The molecule has 0 aliphatic rings. The summed E-state index contributed by atoms with van der Waals surface area (Å²) in [6.07, 6.45) is 2.30. The van der Waals surface area contributed by atoms with Crippen molar-refractivity contribution in [2.75, 3.05) is 13.3 Å². The maximum Gasteiger partial charge on any atom is 0.191 e. The number of benzene rings is 2. The van der Waals surface area contributed by atoms with Crippen LogP contribution in [-0.4, -0.2) is 27.7 Å². The predicted molar refractivity (Wildman–Crippen MR) is 116 cm³/mol. The van der Waals surface area contributed by atoms with Crippen molar-refractivity contribution in [3.8, 4) is 0 Å². The molecule has 2 aromatic carbocycles. The third-order valence-electron chi connectivity index (χ3n) is 4.51. The molecule has 0 heterocycles. The maximum absolute atomic E-state index is 11.5. The lowest BCUT2D eigenvalue weighted by molar-refractivity contribution is 0.602. The highest BCUT2D eigenvalue weighted by molar-refractivity contribution is 7.90. The van der Waals surface area contributed by atoms with E-state index in [0.29, 0.717) is 23.3 Å². The van der Waals surface area contributed by atoms with E-state index in [1.807, 2.05) is 12.1 Å². The Hall–Kier alpha value is -2.34. The zero-order valence-corrected chi connectivity index (χ0v) is 18.2. The van der Waals surface area contributed by atoms with Gasteiger partial charge in [0, 0.05) is 19.8 Å². The molecule has 0 bridgehead atoms. The molecule has 1 atom stereocenters. The molecule has 152 valence electrons. The van der Waals surface area contributed by atoms with Crippen LogP contribution in [0.1, 0.15) is 43.5 Å². The van der Waals surface area contributed by atoms with Crippen molar-refractivity contribution in [3.05, 3.63) is 65.2 Å². The van der Waals surface area contributed by atoms with Crippen LogP contribution >= 0.6 is 0 Å². The lowest BCUT2D eigenvalue weighted by Gasteiger charge is -2.19. The van der Waals surface area contributed by atoms with Gasteiger partial charge >= 0.3 is 0 Å². The lowest BCUT2D eigenvalue weighted by Crippen LogP contribution is -2.38. The van der Waals surface area contributed by atoms with Crippen LogP contribution in [0.2, 0.25) is 0 Å². The average Bonchev–Trinajstić information content (AvgIpc) is 2.64. The minimum Gasteiger partial charge on any atom is -0.352 e. The summed E-state index contributed by atoms with van der Waals surface area (Å²) in [5.74, 6) is 1.35. The predicted octanol–water partition coefficient (Wildman–Crippen LogP) is 3.71. The highest BCUT2D eigenvalue weighted by Gasteiger charge is 2.09. The van der Waals surface area contributed by atoms with Crippen molar-refractivity contribution in [1.82, 2.24) is 10.6 Å². The zero-order chi connectivity index (χ0) is 20.7. The van der Waals surface area contributed by atoms with Crippen molar-refractivity contribution >= 4 is 15.8 Å². The Balaban J connectivity index is 1.93. The first-order valence-electron chi connectivity index (χ1n) is 9.54. The Morgan fingerprint density at radius 1 is 0.964 bits per heavy atom. The van der Waals surface area contributed by atoms with E-state index in [9.17, 15) is 8.42 Å². The van der Waals surface area contributed by atoms with E-state index in [2.05, 4.69) is 60.7 Å². The highest BCUT2D eigenvalue weighted by atomic mass is 32.2. The van der Waals surface area contributed by atoms with E-state index in [1.165, 1.54) is 17.4 Å². The second-order valence-electron chi connectivity index (χ2n) is 7.55. The van der Waals surface area contributed by atoms with Gasteiger partial charge in [0.2, 0.25) is 0 Å². The van der Waals surface area contributed by atoms with E-state index in [4.69, 9.17) is 0 Å². The number of rotatable bonds is 7. The molecule has 28 heavy (non-hydrogen) atoms. The summed E-state index contributed by atoms with van der Waals surface area (Å²) in [5, 5.41) is 6.66. The van der Waals surface area contributed by atoms with Gasteiger partial charge in [0.25, 0.3) is 0 Å². The van der Waals surface area contributed by atoms with Gasteiger partial charge in [-0.05, 0) is 48.1 Å². The van der Waals surface area contributed by atoms with Gasteiger partial charge in [0.15, 0.2) is 15.8 Å². The molecular formula is C22H31N3O2S. The molecule has 0 saturated heterocycles. The van der Waals surface area contributed by atoms with E-state index < -0.39 is 9.84 Å². The van der Waals surface area contributed by atoms with Gasteiger partial charge in [-0.15, -0.1) is 0 Å². The molecule has 0 saturated carbocycles. The number of hydrogen-bond acceptors (Lipinski definition) is 3. The first kappa shape index (κ1) is 22.0.